The fraction of sp³-hybridized carbons (Fsp3) is 0.179. The van der Waals surface area contributed by atoms with Gasteiger partial charge in [-0.2, -0.15) is 0 Å². The molecule has 0 aliphatic carbocycles. The second kappa shape index (κ2) is 12.8. The minimum absolute atomic E-state index is 0.237. The van der Waals surface area contributed by atoms with E-state index in [1.807, 2.05) is 0 Å². The maximum Gasteiger partial charge on any atom is 0.274 e. The number of nitrogens with zero attached hydrogens (tertiary/aromatic N) is 4. The molecule has 4 aromatic rings. The molecule has 2 aromatic carbocycles. The van der Waals surface area contributed by atoms with Crippen LogP contribution < -0.4 is 20.7 Å². The number of carbonyl (C=O) groups is 2. The summed E-state index contributed by atoms with van der Waals surface area (Å²) >= 11 is 6.45. The van der Waals surface area contributed by atoms with E-state index in [9.17, 15) is 9.59 Å². The van der Waals surface area contributed by atoms with Gasteiger partial charge in [-0.05, 0) is 57.3 Å². The molecule has 3 N–H and O–H groups in total. The summed E-state index contributed by atoms with van der Waals surface area (Å²) in [4.78, 5) is 38.2. The van der Waals surface area contributed by atoms with Gasteiger partial charge in [-0.15, -0.1) is 0 Å². The number of benzene rings is 2. The molecule has 0 aliphatic heterocycles. The Morgan fingerprint density at radius 3 is 2.69 bits per heavy atom. The molecule has 11 heteroatoms. The van der Waals surface area contributed by atoms with Crippen molar-refractivity contribution in [1.29, 1.82) is 0 Å². The lowest BCUT2D eigenvalue weighted by Crippen LogP contribution is -2.13. The number of carbonyl (C=O) groups excluding carboxylic acids is 2. The predicted octanol–water partition coefficient (Wildman–Crippen LogP) is 5.13. The molecule has 0 saturated carbocycles. The summed E-state index contributed by atoms with van der Waals surface area (Å²) in [6.07, 6.45) is 5.06. The van der Waals surface area contributed by atoms with Crippen LogP contribution in [0, 0.1) is 0 Å². The largest absolute Gasteiger partial charge is 0.492 e. The van der Waals surface area contributed by atoms with Gasteiger partial charge in [-0.3, -0.25) is 14.6 Å². The molecule has 2 heterocycles. The maximum absolute atomic E-state index is 12.7. The molecule has 2 amide bonds. The van der Waals surface area contributed by atoms with Crippen LogP contribution in [0.4, 0.5) is 22.9 Å². The smallest absolute Gasteiger partial charge is 0.274 e. The Morgan fingerprint density at radius 1 is 1.08 bits per heavy atom. The molecule has 0 aliphatic rings. The van der Waals surface area contributed by atoms with Crippen molar-refractivity contribution in [3.05, 3.63) is 83.9 Å². The third kappa shape index (κ3) is 7.28. The zero-order chi connectivity index (χ0) is 32.8. The Balaban J connectivity index is 1.55. The van der Waals surface area contributed by atoms with Crippen molar-refractivity contribution in [2.75, 3.05) is 43.1 Å². The third-order valence-corrected chi connectivity index (χ3v) is 5.54. The first-order chi connectivity index (χ1) is 21.3. The second-order valence-electron chi connectivity index (χ2n) is 8.01. The number of rotatable bonds is 10. The Kier molecular flexibility index (Phi) is 6.71. The molecule has 200 valence electrons. The SMILES string of the molecule is [2H]C([2H])([2H])N(CC=CC(=O)Nc1cc2c(Nc3ccc(NC(=O)c4ccccn4)c(Cl)c3)ncnc2cc1OCC)C([2H])([2H])[2H]. The van der Waals surface area contributed by atoms with E-state index in [4.69, 9.17) is 24.6 Å². The fourth-order valence-corrected chi connectivity index (χ4v) is 3.74. The Labute approximate surface area is 239 Å². The summed E-state index contributed by atoms with van der Waals surface area (Å²) in [6, 6.07) is 13.1. The van der Waals surface area contributed by atoms with Gasteiger partial charge in [0.25, 0.3) is 5.91 Å². The van der Waals surface area contributed by atoms with E-state index in [0.29, 0.717) is 38.7 Å². The number of pyridine rings is 1. The molecule has 0 fully saturated rings. The normalized spacial score (nSPS) is 14.0. The maximum atomic E-state index is 12.7. The van der Waals surface area contributed by atoms with Gasteiger partial charge in [-0.25, -0.2) is 9.97 Å². The van der Waals surface area contributed by atoms with Crippen LogP contribution in [-0.2, 0) is 4.79 Å². The van der Waals surface area contributed by atoms with E-state index in [2.05, 4.69) is 30.9 Å². The zero-order valence-electron chi connectivity index (χ0n) is 26.7. The molecule has 0 unspecified atom stereocenters. The van der Waals surface area contributed by atoms with Crippen LogP contribution in [0.1, 0.15) is 25.6 Å². The summed E-state index contributed by atoms with van der Waals surface area (Å²) in [6.45, 7) is -4.21. The number of amides is 2. The molecule has 4 rings (SSSR count). The molecule has 10 nitrogen and oxygen atoms in total. The van der Waals surface area contributed by atoms with Gasteiger partial charge in [0.15, 0.2) is 0 Å². The van der Waals surface area contributed by atoms with Gasteiger partial charge in [0, 0.05) is 44.2 Å². The molecule has 0 saturated heterocycles. The van der Waals surface area contributed by atoms with Crippen LogP contribution in [0.25, 0.3) is 10.9 Å². The van der Waals surface area contributed by atoms with Crippen LogP contribution in [-0.4, -0.2) is 58.8 Å². The van der Waals surface area contributed by atoms with Gasteiger partial charge >= 0.3 is 0 Å². The average molecular weight is 552 g/mol. The van der Waals surface area contributed by atoms with Crippen molar-refractivity contribution in [2.45, 2.75) is 6.92 Å². The number of ether oxygens (including phenoxy) is 1. The second-order valence-corrected chi connectivity index (χ2v) is 8.42. The Morgan fingerprint density at radius 2 is 1.95 bits per heavy atom. The van der Waals surface area contributed by atoms with Crippen molar-refractivity contribution in [3.8, 4) is 5.75 Å². The van der Waals surface area contributed by atoms with Gasteiger partial charge in [-0.1, -0.05) is 23.7 Å². The number of halogens is 1. The number of hydrogen-bond donors (Lipinski definition) is 3. The summed E-state index contributed by atoms with van der Waals surface area (Å²) < 4.78 is 50.4. The highest BCUT2D eigenvalue weighted by Gasteiger charge is 2.14. The highest BCUT2D eigenvalue weighted by atomic mass is 35.5. The average Bonchev–Trinajstić information content (AvgIpc) is 2.96. The predicted molar refractivity (Wildman–Crippen MR) is 154 cm³/mol. The molecular weight excluding hydrogens is 518 g/mol. The summed E-state index contributed by atoms with van der Waals surface area (Å²) in [7, 11) is 0. The quantitative estimate of drug-likeness (QED) is 0.232. The minimum Gasteiger partial charge on any atom is -0.492 e. The molecule has 0 spiro atoms. The minimum atomic E-state index is -2.88. The van der Waals surface area contributed by atoms with Crippen molar-refractivity contribution in [3.63, 3.8) is 0 Å². The van der Waals surface area contributed by atoms with Crippen LogP contribution in [0.5, 0.6) is 5.75 Å². The van der Waals surface area contributed by atoms with Gasteiger partial charge in [0.2, 0.25) is 5.91 Å². The lowest BCUT2D eigenvalue weighted by Gasteiger charge is -2.15. The van der Waals surface area contributed by atoms with Crippen LogP contribution in [0.2, 0.25) is 5.02 Å². The fourth-order valence-electron chi connectivity index (χ4n) is 3.51. The van der Waals surface area contributed by atoms with E-state index in [0.717, 1.165) is 12.2 Å². The molecular formula is C28H28ClN7O3. The third-order valence-electron chi connectivity index (χ3n) is 5.23. The van der Waals surface area contributed by atoms with E-state index in [1.165, 1.54) is 12.5 Å². The molecule has 2 aromatic heterocycles. The molecule has 0 atom stereocenters. The van der Waals surface area contributed by atoms with Crippen molar-refractivity contribution < 1.29 is 22.6 Å². The topological polar surface area (TPSA) is 121 Å². The van der Waals surface area contributed by atoms with Crippen LogP contribution >= 0.6 is 11.6 Å². The number of likely N-dealkylation sites (N-methyl/N-ethyl adjacent to an activating group) is 1. The Bertz CT molecular complexity index is 1710. The Hall–Kier alpha value is -4.54. The first kappa shape index (κ1) is 20.4. The highest BCUT2D eigenvalue weighted by Crippen LogP contribution is 2.34. The van der Waals surface area contributed by atoms with Crippen LogP contribution in [0.15, 0.2) is 73.2 Å². The van der Waals surface area contributed by atoms with Crippen molar-refractivity contribution in [1.82, 2.24) is 19.9 Å². The van der Waals surface area contributed by atoms with Gasteiger partial charge < -0.3 is 25.6 Å². The zero-order valence-corrected chi connectivity index (χ0v) is 21.5. The summed E-state index contributed by atoms with van der Waals surface area (Å²) in [5.74, 6) is -0.366. The lowest BCUT2D eigenvalue weighted by molar-refractivity contribution is -0.111. The van der Waals surface area contributed by atoms with E-state index < -0.39 is 32.3 Å². The monoisotopic (exact) mass is 551 g/mol. The first-order valence-electron chi connectivity index (χ1n) is 14.7. The number of fused-ring (bicyclic) bond motifs is 1. The van der Waals surface area contributed by atoms with Gasteiger partial charge in [0.1, 0.15) is 23.6 Å². The number of nitrogens with one attached hydrogen (secondary N) is 3. The summed E-state index contributed by atoms with van der Waals surface area (Å²) in [5.41, 5.74) is 1.94. The standard InChI is InChI=1S/C28H28ClN7O3/c1-4-39-25-16-23-19(15-24(25)34-26(37)9-7-13-36(2)3)27(32-17-31-23)33-18-10-11-21(20(29)14-18)35-28(38)22-8-5-6-12-30-22/h5-12,14-17H,4,13H2,1-3H3,(H,34,37)(H,35,38)(H,31,32,33)/i2D3,3D3. The molecule has 39 heavy (non-hydrogen) atoms. The summed E-state index contributed by atoms with van der Waals surface area (Å²) in [5, 5.41) is 9.34. The lowest BCUT2D eigenvalue weighted by atomic mass is 10.1. The van der Waals surface area contributed by atoms with Crippen LogP contribution in [0.3, 0.4) is 0 Å². The van der Waals surface area contributed by atoms with Crippen molar-refractivity contribution in [2.24, 2.45) is 0 Å². The van der Waals surface area contributed by atoms with E-state index >= 15 is 0 Å². The number of aromatic nitrogens is 3. The molecule has 0 bridgehead atoms. The van der Waals surface area contributed by atoms with Gasteiger partial charge in [0.05, 0.1) is 28.5 Å². The first-order valence-corrected chi connectivity index (χ1v) is 12.1. The molecule has 0 radical (unpaired) electrons. The highest BCUT2D eigenvalue weighted by molar-refractivity contribution is 6.34. The van der Waals surface area contributed by atoms with Crippen molar-refractivity contribution >= 4 is 57.2 Å². The van der Waals surface area contributed by atoms with E-state index in [1.54, 1.807) is 55.5 Å². The number of anilines is 4. The number of hydrogen-bond acceptors (Lipinski definition) is 8. The van der Waals surface area contributed by atoms with E-state index in [-0.39, 0.29) is 23.0 Å².